The molecule has 1 fully saturated rings. The molecular weight excluding hydrogens is 396 g/mol. The summed E-state index contributed by atoms with van der Waals surface area (Å²) >= 11 is 0. The predicted octanol–water partition coefficient (Wildman–Crippen LogP) is 1.00. The number of likely N-dealkylation sites (tertiary alicyclic amines) is 1. The minimum atomic E-state index is -0.367. The highest BCUT2D eigenvalue weighted by molar-refractivity contribution is 5.78. The van der Waals surface area contributed by atoms with Gasteiger partial charge in [0.25, 0.3) is 0 Å². The molecule has 4 rings (SSSR count). The van der Waals surface area contributed by atoms with E-state index in [1.54, 1.807) is 0 Å². The number of para-hydroxylation sites is 2. The SMILES string of the molecule is NCCN1CCC(Nc2nc3ccccc3n2Cc2ncc(CO)c(CO)c2O)CC1. The van der Waals surface area contributed by atoms with Crippen LogP contribution in [0.2, 0.25) is 0 Å². The number of fused-ring (bicyclic) bond motifs is 1. The van der Waals surface area contributed by atoms with Crippen molar-refractivity contribution in [3.05, 3.63) is 47.3 Å². The van der Waals surface area contributed by atoms with Crippen LogP contribution < -0.4 is 11.1 Å². The van der Waals surface area contributed by atoms with Crippen molar-refractivity contribution in [3.63, 3.8) is 0 Å². The largest absolute Gasteiger partial charge is 0.506 e. The number of aromatic nitrogens is 3. The Morgan fingerprint density at radius 3 is 2.61 bits per heavy atom. The molecule has 0 radical (unpaired) electrons. The highest BCUT2D eigenvalue weighted by Gasteiger charge is 2.22. The van der Waals surface area contributed by atoms with Crippen molar-refractivity contribution < 1.29 is 15.3 Å². The van der Waals surface area contributed by atoms with Crippen LogP contribution in [0.15, 0.2) is 30.5 Å². The highest BCUT2D eigenvalue weighted by atomic mass is 16.3. The molecule has 9 nitrogen and oxygen atoms in total. The zero-order chi connectivity index (χ0) is 21.8. The second-order valence-electron chi connectivity index (χ2n) is 7.93. The van der Waals surface area contributed by atoms with Crippen LogP contribution in [0, 0.1) is 0 Å². The molecule has 0 saturated carbocycles. The molecular formula is C22H30N6O3. The van der Waals surface area contributed by atoms with Crippen LogP contribution in [-0.4, -0.2) is 67.0 Å². The van der Waals surface area contributed by atoms with Crippen LogP contribution in [0.3, 0.4) is 0 Å². The second kappa shape index (κ2) is 9.61. The van der Waals surface area contributed by atoms with Crippen molar-refractivity contribution in [2.24, 2.45) is 5.73 Å². The third kappa shape index (κ3) is 4.49. The lowest BCUT2D eigenvalue weighted by molar-refractivity contribution is 0.224. The first-order chi connectivity index (χ1) is 15.1. The fraction of sp³-hybridized carbons (Fsp3) is 0.455. The Balaban J connectivity index is 1.62. The van der Waals surface area contributed by atoms with Crippen LogP contribution in [-0.2, 0) is 19.8 Å². The van der Waals surface area contributed by atoms with E-state index in [9.17, 15) is 15.3 Å². The van der Waals surface area contributed by atoms with Crippen LogP contribution in [0.4, 0.5) is 5.95 Å². The first-order valence-corrected chi connectivity index (χ1v) is 10.7. The molecule has 0 amide bonds. The summed E-state index contributed by atoms with van der Waals surface area (Å²) in [7, 11) is 0. The molecule has 166 valence electrons. The topological polar surface area (TPSA) is 133 Å². The van der Waals surface area contributed by atoms with Crippen LogP contribution >= 0.6 is 0 Å². The van der Waals surface area contributed by atoms with Crippen LogP contribution in [0.5, 0.6) is 5.75 Å². The third-order valence-electron chi connectivity index (χ3n) is 5.98. The molecule has 31 heavy (non-hydrogen) atoms. The minimum absolute atomic E-state index is 0.0899. The molecule has 1 aliphatic heterocycles. The van der Waals surface area contributed by atoms with E-state index in [-0.39, 0.29) is 19.0 Å². The van der Waals surface area contributed by atoms with Gasteiger partial charge in [0.2, 0.25) is 5.95 Å². The monoisotopic (exact) mass is 426 g/mol. The normalized spacial score (nSPS) is 15.6. The maximum atomic E-state index is 10.7. The lowest BCUT2D eigenvalue weighted by Crippen LogP contribution is -2.41. The third-order valence-corrected chi connectivity index (χ3v) is 5.98. The fourth-order valence-corrected chi connectivity index (χ4v) is 4.21. The molecule has 1 aliphatic rings. The number of rotatable bonds is 8. The number of pyridine rings is 1. The summed E-state index contributed by atoms with van der Waals surface area (Å²) in [6.45, 7) is 3.23. The number of aliphatic hydroxyl groups is 2. The highest BCUT2D eigenvalue weighted by Crippen LogP contribution is 2.29. The average molecular weight is 427 g/mol. The van der Waals surface area contributed by atoms with E-state index in [1.165, 1.54) is 6.20 Å². The molecule has 0 atom stereocenters. The summed E-state index contributed by atoms with van der Waals surface area (Å²) in [6, 6.07) is 8.16. The Morgan fingerprint density at radius 2 is 1.90 bits per heavy atom. The number of nitrogens with one attached hydrogen (secondary N) is 1. The van der Waals surface area contributed by atoms with Gasteiger partial charge in [-0.25, -0.2) is 4.98 Å². The van der Waals surface area contributed by atoms with Gasteiger partial charge in [-0.15, -0.1) is 0 Å². The van der Waals surface area contributed by atoms with Crippen molar-refractivity contribution in [3.8, 4) is 5.75 Å². The van der Waals surface area contributed by atoms with Crippen LogP contribution in [0.1, 0.15) is 29.7 Å². The van der Waals surface area contributed by atoms with E-state index >= 15 is 0 Å². The first kappa shape index (κ1) is 21.5. The summed E-state index contributed by atoms with van der Waals surface area (Å²) < 4.78 is 2.00. The molecule has 0 spiro atoms. The standard InChI is InChI=1S/C22H30N6O3/c23-7-10-27-8-5-16(6-9-27)25-22-26-18-3-1-2-4-20(18)28(22)12-19-21(31)17(14-30)15(13-29)11-24-19/h1-4,11,16,29-31H,5-10,12-14,23H2,(H,25,26). The molecule has 1 saturated heterocycles. The zero-order valence-corrected chi connectivity index (χ0v) is 17.5. The van der Waals surface area contributed by atoms with Crippen molar-refractivity contribution in [2.75, 3.05) is 31.5 Å². The van der Waals surface area contributed by atoms with Gasteiger partial charge in [0, 0.05) is 49.5 Å². The molecule has 9 heteroatoms. The van der Waals surface area contributed by atoms with Crippen molar-refractivity contribution in [1.29, 1.82) is 0 Å². The summed E-state index contributed by atoms with van der Waals surface area (Å²) in [5, 5.41) is 33.3. The minimum Gasteiger partial charge on any atom is -0.506 e. The molecule has 0 unspecified atom stereocenters. The number of nitrogens with two attached hydrogens (primary N) is 1. The van der Waals surface area contributed by atoms with Gasteiger partial charge in [-0.3, -0.25) is 4.98 Å². The molecule has 0 bridgehead atoms. The number of benzene rings is 1. The van der Waals surface area contributed by atoms with E-state index in [1.807, 2.05) is 28.8 Å². The molecule has 2 aromatic heterocycles. The Bertz CT molecular complexity index is 1030. The van der Waals surface area contributed by atoms with Crippen molar-refractivity contribution in [1.82, 2.24) is 19.4 Å². The van der Waals surface area contributed by atoms with E-state index in [2.05, 4.69) is 15.2 Å². The smallest absolute Gasteiger partial charge is 0.204 e. The number of anilines is 1. The van der Waals surface area contributed by atoms with Crippen molar-refractivity contribution >= 4 is 17.0 Å². The van der Waals surface area contributed by atoms with Crippen molar-refractivity contribution in [2.45, 2.75) is 38.6 Å². The number of aliphatic hydroxyl groups excluding tert-OH is 2. The molecule has 0 aliphatic carbocycles. The summed E-state index contributed by atoms with van der Waals surface area (Å²) in [4.78, 5) is 11.5. The Hall–Kier alpha value is -2.72. The molecule has 3 heterocycles. The maximum Gasteiger partial charge on any atom is 0.204 e. The van der Waals surface area contributed by atoms with Gasteiger partial charge in [-0.1, -0.05) is 12.1 Å². The lowest BCUT2D eigenvalue weighted by atomic mass is 10.1. The number of nitrogens with zero attached hydrogens (tertiary/aromatic N) is 4. The number of hydrogen-bond donors (Lipinski definition) is 5. The maximum absolute atomic E-state index is 10.7. The van der Waals surface area contributed by atoms with Gasteiger partial charge in [-0.2, -0.15) is 0 Å². The van der Waals surface area contributed by atoms with E-state index in [0.717, 1.165) is 49.5 Å². The Morgan fingerprint density at radius 1 is 1.13 bits per heavy atom. The Kier molecular flexibility index (Phi) is 6.67. The van der Waals surface area contributed by atoms with Gasteiger partial charge in [-0.05, 0) is 25.0 Å². The van der Waals surface area contributed by atoms with Crippen LogP contribution in [0.25, 0.3) is 11.0 Å². The fourth-order valence-electron chi connectivity index (χ4n) is 4.21. The summed E-state index contributed by atoms with van der Waals surface area (Å²) in [5.41, 5.74) is 8.62. The van der Waals surface area contributed by atoms with Gasteiger partial charge >= 0.3 is 0 Å². The zero-order valence-electron chi connectivity index (χ0n) is 17.5. The van der Waals surface area contributed by atoms with Gasteiger partial charge in [0.05, 0.1) is 30.8 Å². The Labute approximate surface area is 181 Å². The lowest BCUT2D eigenvalue weighted by Gasteiger charge is -2.32. The van der Waals surface area contributed by atoms with Gasteiger partial charge in [0.1, 0.15) is 11.4 Å². The quantitative estimate of drug-likeness (QED) is 0.360. The number of piperidine rings is 1. The second-order valence-corrected chi connectivity index (χ2v) is 7.93. The first-order valence-electron chi connectivity index (χ1n) is 10.7. The molecule has 3 aromatic rings. The van der Waals surface area contributed by atoms with E-state index in [0.29, 0.717) is 36.0 Å². The number of aromatic hydroxyl groups is 1. The van der Waals surface area contributed by atoms with E-state index < -0.39 is 0 Å². The predicted molar refractivity (Wildman–Crippen MR) is 119 cm³/mol. The molecule has 1 aromatic carbocycles. The van der Waals surface area contributed by atoms with E-state index in [4.69, 9.17) is 10.7 Å². The summed E-state index contributed by atoms with van der Waals surface area (Å²) in [5.74, 6) is 0.643. The average Bonchev–Trinajstić information content (AvgIpc) is 3.13. The number of imidazole rings is 1. The van der Waals surface area contributed by atoms with Gasteiger partial charge in [0.15, 0.2) is 0 Å². The number of hydrogen-bond acceptors (Lipinski definition) is 8. The molecule has 6 N–H and O–H groups in total. The summed E-state index contributed by atoms with van der Waals surface area (Å²) in [6.07, 6.45) is 3.51. The van der Waals surface area contributed by atoms with Gasteiger partial charge < -0.3 is 35.8 Å².